The normalized spacial score (nSPS) is 21.0. The van der Waals surface area contributed by atoms with E-state index in [-0.39, 0.29) is 22.6 Å². The van der Waals surface area contributed by atoms with Crippen LogP contribution in [0.1, 0.15) is 52.3 Å². The first-order valence-corrected chi connectivity index (χ1v) is 14.4. The number of nitriles is 1. The first kappa shape index (κ1) is 26.2. The number of fused-ring (bicyclic) bond motifs is 2. The molecule has 4 heterocycles. The molecule has 7 rings (SSSR count). The monoisotopic (exact) mass is 572 g/mol. The number of ether oxygens (including phenoxy) is 1. The fourth-order valence-electron chi connectivity index (χ4n) is 7.08. The van der Waals surface area contributed by atoms with Gasteiger partial charge in [0.05, 0.1) is 29.4 Å². The van der Waals surface area contributed by atoms with E-state index in [1.807, 2.05) is 12.1 Å². The predicted molar refractivity (Wildman–Crippen MR) is 156 cm³/mol. The molecular formula is C31H30ClFN6O2. The van der Waals surface area contributed by atoms with Crippen LogP contribution in [0, 0.1) is 22.6 Å². The zero-order valence-electron chi connectivity index (χ0n) is 22.6. The summed E-state index contributed by atoms with van der Waals surface area (Å²) in [6.45, 7) is 4.16. The van der Waals surface area contributed by atoms with Crippen LogP contribution in [0.2, 0.25) is 5.02 Å². The molecule has 10 heteroatoms. The fraction of sp³-hybridized carbons (Fsp3) is 0.387. The van der Waals surface area contributed by atoms with Gasteiger partial charge in [0.15, 0.2) is 0 Å². The lowest BCUT2D eigenvalue weighted by Gasteiger charge is -2.43. The quantitative estimate of drug-likeness (QED) is 0.486. The maximum absolute atomic E-state index is 14.3. The summed E-state index contributed by atoms with van der Waals surface area (Å²) in [6.07, 6.45) is 6.80. The Morgan fingerprint density at radius 3 is 2.68 bits per heavy atom. The van der Waals surface area contributed by atoms with E-state index >= 15 is 0 Å². The SMILES string of the molecule is N#Cc1cc2c(cc1F)CC1(CCN(c3cc4c(c(=O)[nH]3)C(c3ccnc(N5CCOCC5)c3Cl)=CC4)CC1)[C@@H]2N. The van der Waals surface area contributed by atoms with Gasteiger partial charge >= 0.3 is 0 Å². The Hall–Kier alpha value is -3.71. The molecule has 0 unspecified atom stereocenters. The Kier molecular flexibility index (Phi) is 6.38. The summed E-state index contributed by atoms with van der Waals surface area (Å²) < 4.78 is 19.8. The third kappa shape index (κ3) is 4.24. The summed E-state index contributed by atoms with van der Waals surface area (Å²) >= 11 is 6.87. The van der Waals surface area contributed by atoms with Crippen molar-refractivity contribution in [3.8, 4) is 6.07 Å². The molecule has 3 aromatic rings. The number of halogens is 2. The second kappa shape index (κ2) is 9.98. The number of aromatic nitrogens is 2. The molecule has 2 aliphatic carbocycles. The number of nitrogens with zero attached hydrogens (tertiary/aromatic N) is 4. The third-order valence-electron chi connectivity index (χ3n) is 9.35. The second-order valence-electron chi connectivity index (χ2n) is 11.4. The Morgan fingerprint density at radius 2 is 1.93 bits per heavy atom. The maximum atomic E-state index is 14.3. The summed E-state index contributed by atoms with van der Waals surface area (Å²) in [5.41, 5.74) is 11.5. The van der Waals surface area contributed by atoms with Gasteiger partial charge in [-0.05, 0) is 77.6 Å². The molecule has 3 N–H and O–H groups in total. The Labute approximate surface area is 242 Å². The minimum Gasteiger partial charge on any atom is -0.378 e. The van der Waals surface area contributed by atoms with Gasteiger partial charge in [0.1, 0.15) is 23.5 Å². The van der Waals surface area contributed by atoms with Crippen LogP contribution in [-0.4, -0.2) is 49.4 Å². The Bertz CT molecular complexity index is 1680. The number of hydrogen-bond acceptors (Lipinski definition) is 7. The number of hydrogen-bond donors (Lipinski definition) is 2. The molecule has 1 spiro atoms. The number of anilines is 2. The van der Waals surface area contributed by atoms with Gasteiger partial charge in [-0.2, -0.15) is 5.26 Å². The fourth-order valence-corrected chi connectivity index (χ4v) is 7.41. The molecule has 210 valence electrons. The van der Waals surface area contributed by atoms with Crippen molar-refractivity contribution < 1.29 is 9.13 Å². The van der Waals surface area contributed by atoms with Crippen molar-refractivity contribution in [3.05, 3.63) is 91.1 Å². The van der Waals surface area contributed by atoms with Crippen molar-refractivity contribution in [2.45, 2.75) is 31.7 Å². The van der Waals surface area contributed by atoms with Gasteiger partial charge in [-0.1, -0.05) is 17.7 Å². The van der Waals surface area contributed by atoms with E-state index in [1.54, 1.807) is 12.3 Å². The van der Waals surface area contributed by atoms with E-state index in [9.17, 15) is 14.4 Å². The molecule has 0 saturated carbocycles. The van der Waals surface area contributed by atoms with Gasteiger partial charge in [0, 0.05) is 44.0 Å². The number of benzene rings is 1. The van der Waals surface area contributed by atoms with E-state index in [0.29, 0.717) is 36.6 Å². The lowest BCUT2D eigenvalue weighted by molar-refractivity contribution is 0.122. The van der Waals surface area contributed by atoms with Crippen molar-refractivity contribution in [1.29, 1.82) is 5.26 Å². The van der Waals surface area contributed by atoms with Crippen LogP contribution in [0.5, 0.6) is 0 Å². The van der Waals surface area contributed by atoms with Crippen LogP contribution in [0.15, 0.2) is 41.3 Å². The van der Waals surface area contributed by atoms with E-state index in [0.717, 1.165) is 78.5 Å². The van der Waals surface area contributed by atoms with E-state index in [4.69, 9.17) is 22.1 Å². The highest BCUT2D eigenvalue weighted by Gasteiger charge is 2.46. The van der Waals surface area contributed by atoms with Crippen molar-refractivity contribution in [3.63, 3.8) is 0 Å². The van der Waals surface area contributed by atoms with Crippen LogP contribution in [0.4, 0.5) is 16.0 Å². The number of nitrogens with two attached hydrogens (primary N) is 1. The number of allylic oxidation sites excluding steroid dienone is 1. The standard InChI is InChI=1S/C31H30ClFN6O2/c32-27-22(3-6-36-29(27)39-9-11-41-12-10-39)21-2-1-18-15-25(37-30(40)26(18)21)38-7-4-31(5-8-38)16-19-14-24(33)20(17-34)13-23(19)28(31)35/h2-3,6,13-15,28H,1,4-5,7-12,16,35H2,(H,37,40)/t28-/m1/s1. The Balaban J connectivity index is 1.11. The smallest absolute Gasteiger partial charge is 0.257 e. The largest absolute Gasteiger partial charge is 0.378 e. The number of rotatable bonds is 3. The first-order chi connectivity index (χ1) is 19.9. The summed E-state index contributed by atoms with van der Waals surface area (Å²) in [5, 5.41) is 9.81. The number of H-pyrrole nitrogens is 1. The van der Waals surface area contributed by atoms with Crippen LogP contribution in [-0.2, 0) is 17.6 Å². The second-order valence-corrected chi connectivity index (χ2v) is 11.8. The molecule has 2 fully saturated rings. The van der Waals surface area contributed by atoms with E-state index in [2.05, 4.69) is 31.9 Å². The average Bonchev–Trinajstić information content (AvgIpc) is 3.52. The zero-order chi connectivity index (χ0) is 28.3. The summed E-state index contributed by atoms with van der Waals surface area (Å²) in [5.74, 6) is 1.04. The Morgan fingerprint density at radius 1 is 1.15 bits per heavy atom. The van der Waals surface area contributed by atoms with Gasteiger partial charge in [0.2, 0.25) is 0 Å². The number of nitrogens with one attached hydrogen (secondary N) is 1. The number of piperidine rings is 1. The van der Waals surface area contributed by atoms with Gasteiger partial charge in [-0.25, -0.2) is 9.37 Å². The molecule has 2 aromatic heterocycles. The molecule has 2 aliphatic heterocycles. The van der Waals surface area contributed by atoms with Crippen molar-refractivity contribution in [2.75, 3.05) is 49.2 Å². The van der Waals surface area contributed by atoms with E-state index < -0.39 is 5.82 Å². The molecule has 1 aromatic carbocycles. The van der Waals surface area contributed by atoms with Crippen LogP contribution >= 0.6 is 11.6 Å². The summed E-state index contributed by atoms with van der Waals surface area (Å²) in [7, 11) is 0. The lowest BCUT2D eigenvalue weighted by Crippen LogP contribution is -2.45. The molecule has 2 saturated heterocycles. The van der Waals surface area contributed by atoms with Crippen LogP contribution in [0.25, 0.3) is 5.57 Å². The lowest BCUT2D eigenvalue weighted by atomic mass is 9.73. The minimum atomic E-state index is -0.484. The van der Waals surface area contributed by atoms with Crippen LogP contribution in [0.3, 0.4) is 0 Å². The topological polar surface area (TPSA) is 111 Å². The number of aromatic amines is 1. The van der Waals surface area contributed by atoms with Crippen molar-refractivity contribution >= 4 is 28.8 Å². The molecule has 1 atom stereocenters. The molecule has 0 bridgehead atoms. The maximum Gasteiger partial charge on any atom is 0.257 e. The predicted octanol–water partition coefficient (Wildman–Crippen LogP) is 4.10. The van der Waals surface area contributed by atoms with Gasteiger partial charge < -0.3 is 25.3 Å². The zero-order valence-corrected chi connectivity index (χ0v) is 23.3. The molecular weight excluding hydrogens is 543 g/mol. The summed E-state index contributed by atoms with van der Waals surface area (Å²) in [4.78, 5) is 25.5. The van der Waals surface area contributed by atoms with E-state index in [1.165, 1.54) is 6.07 Å². The summed E-state index contributed by atoms with van der Waals surface area (Å²) in [6, 6.07) is 8.74. The molecule has 0 radical (unpaired) electrons. The molecule has 0 amide bonds. The van der Waals surface area contributed by atoms with Gasteiger partial charge in [-0.15, -0.1) is 0 Å². The van der Waals surface area contributed by atoms with Crippen molar-refractivity contribution in [2.24, 2.45) is 11.1 Å². The van der Waals surface area contributed by atoms with Gasteiger partial charge in [0.25, 0.3) is 5.56 Å². The van der Waals surface area contributed by atoms with Crippen LogP contribution < -0.4 is 21.1 Å². The van der Waals surface area contributed by atoms with Crippen molar-refractivity contribution in [1.82, 2.24) is 9.97 Å². The molecule has 4 aliphatic rings. The molecule has 41 heavy (non-hydrogen) atoms. The third-order valence-corrected chi connectivity index (χ3v) is 9.73. The molecule has 8 nitrogen and oxygen atoms in total. The average molecular weight is 573 g/mol. The van der Waals surface area contributed by atoms with Gasteiger partial charge in [-0.3, -0.25) is 4.79 Å². The first-order valence-electron chi connectivity index (χ1n) is 14.1. The highest BCUT2D eigenvalue weighted by molar-refractivity contribution is 6.35. The highest BCUT2D eigenvalue weighted by Crippen LogP contribution is 2.51. The number of morpholine rings is 1. The minimum absolute atomic E-state index is 0.0442. The highest BCUT2D eigenvalue weighted by atomic mass is 35.5. The number of pyridine rings is 2.